The number of carbonyl (C=O) groups is 4. The highest BCUT2D eigenvalue weighted by atomic mass is 16.5. The third-order valence-electron chi connectivity index (χ3n) is 7.02. The molecule has 1 saturated carbocycles. The van der Waals surface area contributed by atoms with Gasteiger partial charge in [-0.25, -0.2) is 4.79 Å². The van der Waals surface area contributed by atoms with Crippen molar-refractivity contribution in [3.05, 3.63) is 65.7 Å². The van der Waals surface area contributed by atoms with Gasteiger partial charge in [0, 0.05) is 18.9 Å². The van der Waals surface area contributed by atoms with Crippen LogP contribution in [-0.2, 0) is 29.3 Å². The molecule has 0 spiro atoms. The number of methoxy groups -OCH3 is 2. The maximum absolute atomic E-state index is 13.9. The van der Waals surface area contributed by atoms with Gasteiger partial charge in [0.15, 0.2) is 6.04 Å². The molecule has 184 valence electrons. The van der Waals surface area contributed by atoms with E-state index in [2.05, 4.69) is 5.32 Å². The van der Waals surface area contributed by atoms with Crippen molar-refractivity contribution < 1.29 is 28.7 Å². The van der Waals surface area contributed by atoms with Gasteiger partial charge in [-0.2, -0.15) is 0 Å². The Morgan fingerprint density at radius 2 is 1.69 bits per heavy atom. The fraction of sp³-hybridized carbons (Fsp3) is 0.407. The number of esters is 1. The maximum atomic E-state index is 13.9. The number of likely N-dealkylation sites (tertiary alicyclic amines) is 1. The molecule has 2 aliphatic rings. The van der Waals surface area contributed by atoms with Crippen molar-refractivity contribution in [2.75, 3.05) is 14.2 Å². The first kappa shape index (κ1) is 24.4. The van der Waals surface area contributed by atoms with E-state index in [1.54, 1.807) is 61.7 Å². The van der Waals surface area contributed by atoms with Gasteiger partial charge in [0.25, 0.3) is 0 Å². The molecule has 0 aromatic heterocycles. The van der Waals surface area contributed by atoms with Gasteiger partial charge in [0.05, 0.1) is 19.6 Å². The number of nitrogens with zero attached hydrogens (tertiary/aromatic N) is 1. The van der Waals surface area contributed by atoms with E-state index in [4.69, 9.17) is 9.47 Å². The second-order valence-corrected chi connectivity index (χ2v) is 9.11. The number of nitrogens with one attached hydrogen (secondary N) is 1. The summed E-state index contributed by atoms with van der Waals surface area (Å²) in [7, 11) is 2.79. The zero-order chi connectivity index (χ0) is 25.0. The number of carbonyl (C=O) groups excluding carboxylic acids is 4. The predicted molar refractivity (Wildman–Crippen MR) is 127 cm³/mol. The van der Waals surface area contributed by atoms with Crippen LogP contribution in [0, 0.1) is 0 Å². The molecule has 2 fully saturated rings. The summed E-state index contributed by atoms with van der Waals surface area (Å²) in [5.74, 6) is -1.16. The minimum Gasteiger partial charge on any atom is -0.497 e. The van der Waals surface area contributed by atoms with Crippen molar-refractivity contribution in [1.29, 1.82) is 0 Å². The van der Waals surface area contributed by atoms with Crippen molar-refractivity contribution in [1.82, 2.24) is 10.2 Å². The fourth-order valence-electron chi connectivity index (χ4n) is 5.20. The van der Waals surface area contributed by atoms with Crippen molar-refractivity contribution in [3.63, 3.8) is 0 Å². The van der Waals surface area contributed by atoms with E-state index in [9.17, 15) is 19.2 Å². The lowest BCUT2D eigenvalue weighted by Crippen LogP contribution is -2.46. The summed E-state index contributed by atoms with van der Waals surface area (Å²) >= 11 is 0. The highest BCUT2D eigenvalue weighted by molar-refractivity contribution is 6.11. The normalized spacial score (nSPS) is 21.1. The molecule has 0 radical (unpaired) electrons. The van der Waals surface area contributed by atoms with Crippen molar-refractivity contribution in [3.8, 4) is 5.75 Å². The number of imide groups is 1. The van der Waals surface area contributed by atoms with Crippen LogP contribution >= 0.6 is 0 Å². The molecule has 2 atom stereocenters. The first-order chi connectivity index (χ1) is 16.9. The first-order valence-corrected chi connectivity index (χ1v) is 11.8. The minimum atomic E-state index is -1.35. The van der Waals surface area contributed by atoms with Crippen LogP contribution in [0.5, 0.6) is 5.75 Å². The second-order valence-electron chi connectivity index (χ2n) is 9.11. The van der Waals surface area contributed by atoms with Crippen LogP contribution < -0.4 is 10.1 Å². The van der Waals surface area contributed by atoms with E-state index in [1.165, 1.54) is 12.0 Å². The van der Waals surface area contributed by atoms with Gasteiger partial charge in [-0.3, -0.25) is 19.3 Å². The molecule has 1 aliphatic heterocycles. The predicted octanol–water partition coefficient (Wildman–Crippen LogP) is 3.06. The van der Waals surface area contributed by atoms with E-state index in [0.29, 0.717) is 16.9 Å². The summed E-state index contributed by atoms with van der Waals surface area (Å²) < 4.78 is 10.1. The standard InChI is InChI=1S/C27H30N2O6/c1-34-21-14-12-19(13-15-21)27(17-23(31)29(26(27)33)20-10-6-7-11-20)16-22(30)28-24(25(32)35-2)18-8-4-3-5-9-18/h3-5,8-9,12-15,20,24H,6-7,10-11,16-17H2,1-2H3,(H,28,30)/t24-,27+/m0/s1. The maximum Gasteiger partial charge on any atom is 0.333 e. The smallest absolute Gasteiger partial charge is 0.333 e. The average molecular weight is 479 g/mol. The summed E-state index contributed by atoms with van der Waals surface area (Å²) in [4.78, 5) is 54.2. The summed E-state index contributed by atoms with van der Waals surface area (Å²) in [5.41, 5.74) is -0.220. The Hall–Kier alpha value is -3.68. The van der Waals surface area contributed by atoms with Gasteiger partial charge < -0.3 is 14.8 Å². The minimum absolute atomic E-state index is 0.101. The molecule has 4 rings (SSSR count). The van der Waals surface area contributed by atoms with E-state index in [1.807, 2.05) is 0 Å². The second kappa shape index (κ2) is 10.3. The van der Waals surface area contributed by atoms with Crippen LogP contribution in [0.3, 0.4) is 0 Å². The number of benzene rings is 2. The Morgan fingerprint density at radius 1 is 1.03 bits per heavy atom. The van der Waals surface area contributed by atoms with Crippen molar-refractivity contribution in [2.45, 2.75) is 56.0 Å². The van der Waals surface area contributed by atoms with Crippen LogP contribution in [0.1, 0.15) is 55.7 Å². The van der Waals surface area contributed by atoms with Gasteiger partial charge in [0.2, 0.25) is 17.7 Å². The molecular formula is C27H30N2O6. The van der Waals surface area contributed by atoms with Crippen LogP contribution in [0.25, 0.3) is 0 Å². The van der Waals surface area contributed by atoms with Crippen molar-refractivity contribution >= 4 is 23.7 Å². The SMILES string of the molecule is COC(=O)[C@@H](NC(=O)C[C@]1(c2ccc(OC)cc2)CC(=O)N(C2CCCC2)C1=O)c1ccccc1. The zero-order valence-corrected chi connectivity index (χ0v) is 20.0. The van der Waals surface area contributed by atoms with E-state index in [-0.39, 0.29) is 30.7 Å². The number of hydrogen-bond donors (Lipinski definition) is 1. The van der Waals surface area contributed by atoms with Gasteiger partial charge in [0.1, 0.15) is 5.75 Å². The monoisotopic (exact) mass is 478 g/mol. The third kappa shape index (κ3) is 4.78. The Kier molecular flexibility index (Phi) is 7.19. The van der Waals surface area contributed by atoms with E-state index < -0.39 is 23.3 Å². The van der Waals surface area contributed by atoms with Crippen LogP contribution in [0.15, 0.2) is 54.6 Å². The number of amides is 3. The highest BCUT2D eigenvalue weighted by Gasteiger charge is 2.55. The van der Waals surface area contributed by atoms with E-state index in [0.717, 1.165) is 25.7 Å². The highest BCUT2D eigenvalue weighted by Crippen LogP contribution is 2.43. The van der Waals surface area contributed by atoms with Crippen LogP contribution in [0.2, 0.25) is 0 Å². The number of rotatable bonds is 8. The molecule has 0 bridgehead atoms. The third-order valence-corrected chi connectivity index (χ3v) is 7.02. The van der Waals surface area contributed by atoms with Gasteiger partial charge in [-0.05, 0) is 36.1 Å². The molecule has 1 N–H and O–H groups in total. The van der Waals surface area contributed by atoms with Gasteiger partial charge in [-0.15, -0.1) is 0 Å². The zero-order valence-electron chi connectivity index (χ0n) is 20.0. The topological polar surface area (TPSA) is 102 Å². The number of hydrogen-bond acceptors (Lipinski definition) is 6. The van der Waals surface area contributed by atoms with Gasteiger partial charge in [-0.1, -0.05) is 55.3 Å². The molecule has 35 heavy (non-hydrogen) atoms. The summed E-state index contributed by atoms with van der Waals surface area (Å²) in [6.45, 7) is 0. The number of ether oxygens (including phenoxy) is 2. The molecule has 1 heterocycles. The molecule has 0 unspecified atom stereocenters. The lowest BCUT2D eigenvalue weighted by Gasteiger charge is -2.29. The molecule has 3 amide bonds. The Balaban J connectivity index is 1.66. The van der Waals surface area contributed by atoms with Gasteiger partial charge >= 0.3 is 5.97 Å². The summed E-state index contributed by atoms with van der Waals surface area (Å²) in [6.07, 6.45) is 3.12. The quantitative estimate of drug-likeness (QED) is 0.462. The molecule has 1 aliphatic carbocycles. The largest absolute Gasteiger partial charge is 0.497 e. The lowest BCUT2D eigenvalue weighted by molar-refractivity contribution is -0.145. The van der Waals surface area contributed by atoms with Crippen LogP contribution in [0.4, 0.5) is 0 Å². The fourth-order valence-corrected chi connectivity index (χ4v) is 5.20. The van der Waals surface area contributed by atoms with E-state index >= 15 is 0 Å². The summed E-state index contributed by atoms with van der Waals surface area (Å²) in [5, 5.41) is 2.73. The molecule has 8 nitrogen and oxygen atoms in total. The average Bonchev–Trinajstić information content (AvgIpc) is 3.49. The summed E-state index contributed by atoms with van der Waals surface area (Å²) in [6, 6.07) is 14.5. The molecule has 8 heteroatoms. The first-order valence-electron chi connectivity index (χ1n) is 11.8. The molecule has 2 aromatic carbocycles. The van der Waals surface area contributed by atoms with Crippen molar-refractivity contribution in [2.24, 2.45) is 0 Å². The Labute approximate surface area is 204 Å². The Bertz CT molecular complexity index is 1090. The molecular weight excluding hydrogens is 448 g/mol. The molecule has 1 saturated heterocycles. The molecule has 2 aromatic rings. The lowest BCUT2D eigenvalue weighted by atomic mass is 9.75. The Morgan fingerprint density at radius 3 is 2.29 bits per heavy atom. The van der Waals surface area contributed by atoms with Crippen LogP contribution in [-0.4, -0.2) is 48.9 Å².